The van der Waals surface area contributed by atoms with E-state index in [4.69, 9.17) is 4.74 Å². The van der Waals surface area contributed by atoms with Crippen molar-refractivity contribution in [3.8, 4) is 0 Å². The van der Waals surface area contributed by atoms with Gasteiger partial charge in [0.15, 0.2) is 0 Å². The van der Waals surface area contributed by atoms with Crippen LogP contribution in [0.5, 0.6) is 0 Å². The summed E-state index contributed by atoms with van der Waals surface area (Å²) in [5, 5.41) is 9.47. The van der Waals surface area contributed by atoms with Gasteiger partial charge in [0.1, 0.15) is 0 Å². The van der Waals surface area contributed by atoms with E-state index in [2.05, 4.69) is 15.5 Å². The van der Waals surface area contributed by atoms with Crippen molar-refractivity contribution in [1.29, 1.82) is 0 Å². The fraction of sp³-hybridized carbons (Fsp3) is 0.636. The number of aromatic amines is 1. The number of rotatable bonds is 6. The van der Waals surface area contributed by atoms with E-state index in [1.54, 1.807) is 19.5 Å². The first-order valence-corrected chi connectivity index (χ1v) is 5.44. The minimum atomic E-state index is -0.0101. The van der Waals surface area contributed by atoms with Gasteiger partial charge < -0.3 is 10.1 Å². The largest absolute Gasteiger partial charge is 0.382 e. The summed E-state index contributed by atoms with van der Waals surface area (Å²) in [4.78, 5) is 11.6. The summed E-state index contributed by atoms with van der Waals surface area (Å²) >= 11 is 0. The molecule has 1 rings (SSSR count). The van der Waals surface area contributed by atoms with E-state index in [9.17, 15) is 4.79 Å². The van der Waals surface area contributed by atoms with Crippen molar-refractivity contribution in [1.82, 2.24) is 15.5 Å². The van der Waals surface area contributed by atoms with Gasteiger partial charge in [-0.2, -0.15) is 5.10 Å². The van der Waals surface area contributed by atoms with Gasteiger partial charge in [-0.3, -0.25) is 9.89 Å². The number of carbonyl (C=O) groups is 1. The van der Waals surface area contributed by atoms with Crippen LogP contribution in [0.2, 0.25) is 0 Å². The van der Waals surface area contributed by atoms with E-state index < -0.39 is 0 Å². The molecule has 0 bridgehead atoms. The maximum absolute atomic E-state index is 11.6. The lowest BCUT2D eigenvalue weighted by Gasteiger charge is -2.13. The van der Waals surface area contributed by atoms with Gasteiger partial charge in [-0.05, 0) is 20.3 Å². The molecule has 0 aliphatic rings. The highest BCUT2D eigenvalue weighted by Crippen LogP contribution is 2.09. The fourth-order valence-corrected chi connectivity index (χ4v) is 1.35. The van der Waals surface area contributed by atoms with Crippen LogP contribution in [-0.2, 0) is 9.53 Å². The Kier molecular flexibility index (Phi) is 4.98. The smallest absolute Gasteiger partial charge is 0.220 e. The van der Waals surface area contributed by atoms with E-state index in [1.807, 2.05) is 13.8 Å². The Bertz CT molecular complexity index is 311. The summed E-state index contributed by atoms with van der Waals surface area (Å²) in [6.07, 6.45) is 4.83. The van der Waals surface area contributed by atoms with E-state index in [-0.39, 0.29) is 18.1 Å². The molecule has 2 atom stereocenters. The number of H-pyrrole nitrogens is 1. The predicted molar refractivity (Wildman–Crippen MR) is 60.9 cm³/mol. The molecule has 0 aliphatic carbocycles. The molecule has 5 nitrogen and oxygen atoms in total. The molecule has 1 amide bonds. The number of hydrogen-bond acceptors (Lipinski definition) is 3. The third-order valence-corrected chi connectivity index (χ3v) is 2.58. The Morgan fingerprint density at radius 3 is 2.94 bits per heavy atom. The summed E-state index contributed by atoms with van der Waals surface area (Å²) in [6, 6.07) is -0.0101. The first-order valence-electron chi connectivity index (χ1n) is 5.44. The van der Waals surface area contributed by atoms with Gasteiger partial charge in [0.2, 0.25) is 5.91 Å². The first-order chi connectivity index (χ1) is 7.63. The number of aromatic nitrogens is 2. The minimum Gasteiger partial charge on any atom is -0.382 e. The SMILES string of the molecule is COC(C)CCC(=O)NC(C)c1cn[nH]c1. The van der Waals surface area contributed by atoms with Crippen molar-refractivity contribution >= 4 is 5.91 Å². The number of amides is 1. The van der Waals surface area contributed by atoms with Crippen molar-refractivity contribution in [2.75, 3.05) is 7.11 Å². The van der Waals surface area contributed by atoms with Crippen LogP contribution in [0.4, 0.5) is 0 Å². The molecule has 16 heavy (non-hydrogen) atoms. The first kappa shape index (κ1) is 12.7. The van der Waals surface area contributed by atoms with Gasteiger partial charge in [0.25, 0.3) is 0 Å². The second-order valence-corrected chi connectivity index (χ2v) is 3.91. The molecule has 0 radical (unpaired) electrons. The molecule has 0 spiro atoms. The molecule has 1 aromatic heterocycles. The lowest BCUT2D eigenvalue weighted by atomic mass is 10.1. The summed E-state index contributed by atoms with van der Waals surface area (Å²) in [5.74, 6) is 0.0394. The highest BCUT2D eigenvalue weighted by atomic mass is 16.5. The Morgan fingerprint density at radius 2 is 2.38 bits per heavy atom. The van der Waals surface area contributed by atoms with Gasteiger partial charge in [0.05, 0.1) is 18.3 Å². The Hall–Kier alpha value is -1.36. The Labute approximate surface area is 95.6 Å². The van der Waals surface area contributed by atoms with E-state index >= 15 is 0 Å². The third-order valence-electron chi connectivity index (χ3n) is 2.58. The molecule has 0 aliphatic heterocycles. The van der Waals surface area contributed by atoms with Gasteiger partial charge in [0, 0.05) is 25.3 Å². The Morgan fingerprint density at radius 1 is 1.62 bits per heavy atom. The van der Waals surface area contributed by atoms with E-state index in [0.29, 0.717) is 6.42 Å². The van der Waals surface area contributed by atoms with Crippen LogP contribution in [0.1, 0.15) is 38.3 Å². The van der Waals surface area contributed by atoms with Gasteiger partial charge in [-0.25, -0.2) is 0 Å². The van der Waals surface area contributed by atoms with Crippen molar-refractivity contribution in [3.63, 3.8) is 0 Å². The van der Waals surface area contributed by atoms with Crippen LogP contribution < -0.4 is 5.32 Å². The molecule has 0 saturated carbocycles. The Balaban J connectivity index is 2.29. The number of hydrogen-bond donors (Lipinski definition) is 2. The average Bonchev–Trinajstić information content (AvgIpc) is 2.79. The predicted octanol–water partition coefficient (Wildman–Crippen LogP) is 1.40. The zero-order chi connectivity index (χ0) is 12.0. The van der Waals surface area contributed by atoms with Crippen LogP contribution in [0.3, 0.4) is 0 Å². The molecular weight excluding hydrogens is 206 g/mol. The number of methoxy groups -OCH3 is 1. The van der Waals surface area contributed by atoms with Crippen LogP contribution in [-0.4, -0.2) is 29.3 Å². The van der Waals surface area contributed by atoms with Crippen molar-refractivity contribution in [2.24, 2.45) is 0 Å². The lowest BCUT2D eigenvalue weighted by molar-refractivity contribution is -0.122. The molecule has 1 aromatic rings. The second-order valence-electron chi connectivity index (χ2n) is 3.91. The molecule has 2 unspecified atom stereocenters. The topological polar surface area (TPSA) is 67.0 Å². The molecule has 0 aromatic carbocycles. The second kappa shape index (κ2) is 6.27. The van der Waals surface area contributed by atoms with Crippen molar-refractivity contribution in [2.45, 2.75) is 38.8 Å². The zero-order valence-corrected chi connectivity index (χ0v) is 9.99. The monoisotopic (exact) mass is 225 g/mol. The highest BCUT2D eigenvalue weighted by molar-refractivity contribution is 5.76. The van der Waals surface area contributed by atoms with Crippen LogP contribution in [0.25, 0.3) is 0 Å². The molecule has 5 heteroatoms. The number of ether oxygens (including phenoxy) is 1. The number of carbonyl (C=O) groups excluding carboxylic acids is 1. The highest BCUT2D eigenvalue weighted by Gasteiger charge is 2.11. The summed E-state index contributed by atoms with van der Waals surface area (Å²) in [7, 11) is 1.65. The standard InChI is InChI=1S/C11H19N3O2/c1-8(16-3)4-5-11(15)14-9(2)10-6-12-13-7-10/h6-9H,4-5H2,1-3H3,(H,12,13)(H,14,15). The zero-order valence-electron chi connectivity index (χ0n) is 9.99. The molecule has 90 valence electrons. The van der Waals surface area contributed by atoms with Gasteiger partial charge in [-0.1, -0.05) is 0 Å². The number of nitrogens with one attached hydrogen (secondary N) is 2. The summed E-state index contributed by atoms with van der Waals surface area (Å²) in [5.41, 5.74) is 0.980. The minimum absolute atomic E-state index is 0.0101. The number of nitrogens with zero attached hydrogens (tertiary/aromatic N) is 1. The molecule has 0 fully saturated rings. The van der Waals surface area contributed by atoms with Gasteiger partial charge in [-0.15, -0.1) is 0 Å². The maximum Gasteiger partial charge on any atom is 0.220 e. The van der Waals surface area contributed by atoms with E-state index in [1.165, 1.54) is 0 Å². The summed E-state index contributed by atoms with van der Waals surface area (Å²) in [6.45, 7) is 3.88. The van der Waals surface area contributed by atoms with Crippen LogP contribution >= 0.6 is 0 Å². The van der Waals surface area contributed by atoms with Gasteiger partial charge >= 0.3 is 0 Å². The van der Waals surface area contributed by atoms with Crippen LogP contribution in [0, 0.1) is 0 Å². The average molecular weight is 225 g/mol. The molecular formula is C11H19N3O2. The molecule has 2 N–H and O–H groups in total. The maximum atomic E-state index is 11.6. The lowest BCUT2D eigenvalue weighted by Crippen LogP contribution is -2.27. The molecule has 0 saturated heterocycles. The fourth-order valence-electron chi connectivity index (χ4n) is 1.35. The normalized spacial score (nSPS) is 14.4. The van der Waals surface area contributed by atoms with Crippen molar-refractivity contribution in [3.05, 3.63) is 18.0 Å². The molecule has 1 heterocycles. The quantitative estimate of drug-likeness (QED) is 0.769. The summed E-state index contributed by atoms with van der Waals surface area (Å²) < 4.78 is 5.08. The third kappa shape index (κ3) is 4.02. The van der Waals surface area contributed by atoms with E-state index in [0.717, 1.165) is 12.0 Å². The van der Waals surface area contributed by atoms with Crippen molar-refractivity contribution < 1.29 is 9.53 Å². The van der Waals surface area contributed by atoms with Crippen LogP contribution in [0.15, 0.2) is 12.4 Å².